The highest BCUT2D eigenvalue weighted by molar-refractivity contribution is 6.01. The van der Waals surface area contributed by atoms with E-state index in [0.717, 1.165) is 21.9 Å². The maximum atomic E-state index is 12.5. The third-order valence-electron chi connectivity index (χ3n) is 7.34. The molecule has 0 amide bonds. The van der Waals surface area contributed by atoms with Crippen molar-refractivity contribution in [2.45, 2.75) is 72.7 Å². The van der Waals surface area contributed by atoms with Gasteiger partial charge in [-0.05, 0) is 122 Å². The fraction of sp³-hybridized carbons (Fsp3) is 0.282. The summed E-state index contributed by atoms with van der Waals surface area (Å²) >= 11 is 0. The first-order valence-corrected chi connectivity index (χ1v) is 16.7. The Labute approximate surface area is 306 Å². The van der Waals surface area contributed by atoms with Gasteiger partial charge >= 0.3 is 12.2 Å². The largest absolute Gasteiger partial charge is 0.502 e. The first kappa shape index (κ1) is 37.6. The van der Waals surface area contributed by atoms with Gasteiger partial charge in [0.15, 0.2) is 5.84 Å². The number of aromatic nitrogens is 4. The van der Waals surface area contributed by atoms with E-state index in [9.17, 15) is 9.59 Å². The Morgan fingerprint density at radius 1 is 0.849 bits per heavy atom. The van der Waals surface area contributed by atoms with Gasteiger partial charge < -0.3 is 29.7 Å². The van der Waals surface area contributed by atoms with Crippen LogP contribution in [0.4, 0.5) is 15.3 Å². The van der Waals surface area contributed by atoms with Crippen LogP contribution in [0.1, 0.15) is 61.0 Å². The van der Waals surface area contributed by atoms with Crippen LogP contribution in [0.3, 0.4) is 0 Å². The third kappa shape index (κ3) is 9.01. The van der Waals surface area contributed by atoms with Crippen LogP contribution in [0, 0.1) is 6.57 Å². The predicted octanol–water partition coefficient (Wildman–Crippen LogP) is 9.00. The zero-order valence-corrected chi connectivity index (χ0v) is 30.7. The molecule has 0 atom stereocenters. The van der Waals surface area contributed by atoms with Crippen molar-refractivity contribution >= 4 is 45.5 Å². The van der Waals surface area contributed by atoms with Crippen molar-refractivity contribution in [1.82, 2.24) is 19.3 Å². The van der Waals surface area contributed by atoms with Crippen LogP contribution < -0.4 is 10.5 Å². The highest BCUT2D eigenvalue weighted by Crippen LogP contribution is 2.34. The zero-order valence-electron chi connectivity index (χ0n) is 30.7. The van der Waals surface area contributed by atoms with Crippen LogP contribution in [-0.4, -0.2) is 59.8 Å². The molecule has 0 aliphatic rings. The predicted molar refractivity (Wildman–Crippen MR) is 200 cm³/mol. The molecule has 14 heteroatoms. The number of nitrogens with two attached hydrogens (primary N) is 1. The van der Waals surface area contributed by atoms with E-state index in [1.165, 1.54) is 9.13 Å². The summed E-state index contributed by atoms with van der Waals surface area (Å²) in [5.74, 6) is 1.25. The molecule has 14 nitrogen and oxygen atoms in total. The number of carbonyl (C=O) groups excluding carboxylic acids is 2. The Balaban J connectivity index is 0.000000231. The molecule has 3 N–H and O–H groups in total. The molecule has 0 bridgehead atoms. The zero-order chi connectivity index (χ0) is 38.7. The molecule has 0 saturated carbocycles. The van der Waals surface area contributed by atoms with E-state index in [-0.39, 0.29) is 11.9 Å². The number of hydrogen-bond acceptors (Lipinski definition) is 10. The molecular formula is C39H41N7O7. The van der Waals surface area contributed by atoms with Crippen LogP contribution in [0.2, 0.25) is 0 Å². The highest BCUT2D eigenvalue weighted by atomic mass is 16.6. The van der Waals surface area contributed by atoms with Crippen molar-refractivity contribution in [1.29, 1.82) is 0 Å². The second-order valence-electron chi connectivity index (χ2n) is 14.2. The maximum absolute atomic E-state index is 12.5. The van der Waals surface area contributed by atoms with Crippen LogP contribution in [0.25, 0.3) is 49.5 Å². The van der Waals surface area contributed by atoms with E-state index >= 15 is 0 Å². The lowest BCUT2D eigenvalue weighted by atomic mass is 10.1. The van der Waals surface area contributed by atoms with Crippen molar-refractivity contribution in [3.63, 3.8) is 0 Å². The van der Waals surface area contributed by atoms with Gasteiger partial charge in [-0.1, -0.05) is 10.3 Å². The van der Waals surface area contributed by atoms with Crippen molar-refractivity contribution in [2.75, 3.05) is 0 Å². The van der Waals surface area contributed by atoms with E-state index in [1.54, 1.807) is 54.9 Å². The van der Waals surface area contributed by atoms with E-state index in [1.807, 2.05) is 79.7 Å². The Kier molecular flexibility index (Phi) is 10.6. The number of nitrogens with zero attached hydrogens (tertiary/aromatic N) is 6. The molecule has 3 aromatic heterocycles. The number of amidine groups is 1. The highest BCUT2D eigenvalue weighted by Gasteiger charge is 2.21. The van der Waals surface area contributed by atoms with Gasteiger partial charge in [-0.25, -0.2) is 14.4 Å². The summed E-state index contributed by atoms with van der Waals surface area (Å²) in [5, 5.41) is 17.4. The van der Waals surface area contributed by atoms with Crippen LogP contribution in [-0.2, 0) is 9.47 Å². The van der Waals surface area contributed by atoms with Gasteiger partial charge in [0.25, 0.3) is 5.89 Å². The third-order valence-corrected chi connectivity index (χ3v) is 7.34. The number of ether oxygens (including phenoxy) is 3. The van der Waals surface area contributed by atoms with Gasteiger partial charge in [-0.2, -0.15) is 4.98 Å². The van der Waals surface area contributed by atoms with Gasteiger partial charge in [0, 0.05) is 39.9 Å². The average molecular weight is 720 g/mol. The Morgan fingerprint density at radius 2 is 1.42 bits per heavy atom. The van der Waals surface area contributed by atoms with Gasteiger partial charge in [0.05, 0.1) is 23.7 Å². The molecule has 0 saturated heterocycles. The van der Waals surface area contributed by atoms with Crippen molar-refractivity contribution < 1.29 is 33.5 Å². The summed E-state index contributed by atoms with van der Waals surface area (Å²) in [7, 11) is 0. The maximum Gasteiger partial charge on any atom is 0.418 e. The number of carbonyl (C=O) groups is 2. The second-order valence-corrected chi connectivity index (χ2v) is 14.2. The standard InChI is InChI=1S/C25H24N4O4.C14H17N3O3/c1-15(2)31-21-10-8-18(14-19(21)26-6)23-27-22(28-33-23)17-7-9-20-16(13-17)11-12-29(20)24(30)32-25(3,4)5;1-14(2,3)20-13(18)17-7-6-9-8-10(12(15)16-19)4-5-11(9)17/h7-15H,1-5H3;4-8,19H,1-3H3,(H2,15,16). The topological polar surface area (TPSA) is 174 Å². The summed E-state index contributed by atoms with van der Waals surface area (Å²) in [4.78, 5) is 32.6. The van der Waals surface area contributed by atoms with E-state index in [4.69, 9.17) is 36.2 Å². The lowest BCUT2D eigenvalue weighted by Crippen LogP contribution is -2.26. The molecule has 6 aromatic rings. The first-order valence-electron chi connectivity index (χ1n) is 16.7. The minimum absolute atomic E-state index is 0.0249. The molecular weight excluding hydrogens is 678 g/mol. The molecule has 0 unspecified atom stereocenters. The second kappa shape index (κ2) is 14.9. The molecule has 6 rings (SSSR count). The van der Waals surface area contributed by atoms with Crippen LogP contribution in [0.15, 0.2) is 88.8 Å². The first-order chi connectivity index (χ1) is 25.0. The fourth-order valence-electron chi connectivity index (χ4n) is 5.13. The molecule has 3 aromatic carbocycles. The van der Waals surface area contributed by atoms with E-state index in [0.29, 0.717) is 39.8 Å². The van der Waals surface area contributed by atoms with Crippen molar-refractivity contribution in [2.24, 2.45) is 10.9 Å². The molecule has 0 aliphatic carbocycles. The van der Waals surface area contributed by atoms with Gasteiger partial charge in [0.1, 0.15) is 17.0 Å². The van der Waals surface area contributed by atoms with Crippen molar-refractivity contribution in [3.8, 4) is 28.6 Å². The van der Waals surface area contributed by atoms with Gasteiger partial charge in [0.2, 0.25) is 11.5 Å². The molecule has 0 aliphatic heterocycles. The minimum atomic E-state index is -0.582. The summed E-state index contributed by atoms with van der Waals surface area (Å²) in [6.07, 6.45) is 2.40. The number of rotatable bonds is 5. The van der Waals surface area contributed by atoms with E-state index in [2.05, 4.69) is 20.1 Å². The number of hydrogen-bond donors (Lipinski definition) is 2. The summed E-state index contributed by atoms with van der Waals surface area (Å²) in [6.45, 7) is 22.2. The lowest BCUT2D eigenvalue weighted by Gasteiger charge is -2.19. The molecule has 3 heterocycles. The smallest absolute Gasteiger partial charge is 0.418 e. The molecule has 0 fully saturated rings. The van der Waals surface area contributed by atoms with Gasteiger partial charge in [-0.15, -0.1) is 0 Å². The SMILES string of the molecule is CC(C)(C)OC(=O)n1ccc2cc(C(N)=NO)ccc21.[C-]#[N+]c1cc(-c2nc(-c3ccc4c(ccn4C(=O)OC(C)(C)C)c3)no2)ccc1OC(C)C. The monoisotopic (exact) mass is 719 g/mol. The molecule has 274 valence electrons. The Hall–Kier alpha value is -6.62. The Bertz CT molecular complexity index is 2360. The number of benzene rings is 3. The summed E-state index contributed by atoms with van der Waals surface area (Å²) in [5.41, 5.74) is 8.16. The molecule has 0 spiro atoms. The van der Waals surface area contributed by atoms with Gasteiger partial charge in [-0.3, -0.25) is 9.13 Å². The average Bonchev–Trinajstić information content (AvgIpc) is 3.85. The number of fused-ring (bicyclic) bond motifs is 2. The summed E-state index contributed by atoms with van der Waals surface area (Å²) < 4.78 is 24.8. The van der Waals surface area contributed by atoms with Crippen molar-refractivity contribution in [3.05, 3.63) is 96.1 Å². The molecule has 0 radical (unpaired) electrons. The van der Waals surface area contributed by atoms with Crippen LogP contribution in [0.5, 0.6) is 5.75 Å². The number of oxime groups is 1. The minimum Gasteiger partial charge on any atom is -0.502 e. The Morgan fingerprint density at radius 3 is 1.96 bits per heavy atom. The van der Waals surface area contributed by atoms with Crippen LogP contribution >= 0.6 is 0 Å². The lowest BCUT2D eigenvalue weighted by molar-refractivity contribution is 0.0533. The fourth-order valence-corrected chi connectivity index (χ4v) is 5.13. The quantitative estimate of drug-likeness (QED) is 0.0575. The summed E-state index contributed by atoms with van der Waals surface area (Å²) in [6, 6.07) is 19.5. The molecule has 53 heavy (non-hydrogen) atoms. The van der Waals surface area contributed by atoms with E-state index < -0.39 is 23.4 Å². The normalized spacial score (nSPS) is 12.0.